The van der Waals surface area contributed by atoms with Crippen LogP contribution in [0.2, 0.25) is 0 Å². The first kappa shape index (κ1) is 20.5. The molecule has 0 spiro atoms. The fourth-order valence-electron chi connectivity index (χ4n) is 4.33. The van der Waals surface area contributed by atoms with Crippen LogP contribution in [-0.2, 0) is 0 Å². The van der Waals surface area contributed by atoms with Crippen molar-refractivity contribution in [2.45, 2.75) is 70.2 Å². The Bertz CT molecular complexity index is 1080. The van der Waals surface area contributed by atoms with Crippen LogP contribution in [0.4, 0.5) is 11.8 Å². The van der Waals surface area contributed by atoms with Gasteiger partial charge in [-0.1, -0.05) is 0 Å². The Hall–Kier alpha value is -2.36. The van der Waals surface area contributed by atoms with Crippen molar-refractivity contribution in [2.24, 2.45) is 5.92 Å². The lowest BCUT2D eigenvalue weighted by atomic mass is 9.98. The lowest BCUT2D eigenvalue weighted by Gasteiger charge is -2.30. The molecule has 0 saturated heterocycles. The van der Waals surface area contributed by atoms with Gasteiger partial charge in [-0.15, -0.1) is 11.3 Å². The molecule has 4 atom stereocenters. The minimum atomic E-state index is -1.23. The van der Waals surface area contributed by atoms with E-state index in [0.717, 1.165) is 26.5 Å². The van der Waals surface area contributed by atoms with Crippen molar-refractivity contribution >= 4 is 33.3 Å². The van der Waals surface area contributed by atoms with E-state index in [-0.39, 0.29) is 6.04 Å². The van der Waals surface area contributed by atoms with E-state index in [9.17, 15) is 10.2 Å². The number of thiazole rings is 1. The Morgan fingerprint density at radius 2 is 2.00 bits per heavy atom. The van der Waals surface area contributed by atoms with E-state index in [0.29, 0.717) is 36.6 Å². The van der Waals surface area contributed by atoms with Crippen molar-refractivity contribution in [2.75, 3.05) is 10.6 Å². The highest BCUT2D eigenvalue weighted by Crippen LogP contribution is 2.39. The predicted molar refractivity (Wildman–Crippen MR) is 122 cm³/mol. The summed E-state index contributed by atoms with van der Waals surface area (Å²) in [6, 6.07) is 1.94. The van der Waals surface area contributed by atoms with Crippen LogP contribution in [0.15, 0.2) is 18.5 Å². The molecule has 2 saturated carbocycles. The number of nitrogens with one attached hydrogen (secondary N) is 2. The molecule has 0 unspecified atom stereocenters. The molecule has 3 aromatic heterocycles. The quantitative estimate of drug-likeness (QED) is 0.461. The van der Waals surface area contributed by atoms with Crippen molar-refractivity contribution in [1.29, 1.82) is 0 Å². The normalized spacial score (nSPS) is 26.9. The van der Waals surface area contributed by atoms with Crippen molar-refractivity contribution in [3.8, 4) is 10.6 Å². The molecule has 2 fully saturated rings. The van der Waals surface area contributed by atoms with E-state index in [1.54, 1.807) is 30.7 Å². The zero-order valence-electron chi connectivity index (χ0n) is 18.0. The van der Waals surface area contributed by atoms with Crippen LogP contribution in [0, 0.1) is 12.8 Å². The van der Waals surface area contributed by atoms with Gasteiger partial charge in [0, 0.05) is 12.2 Å². The van der Waals surface area contributed by atoms with Crippen LogP contribution < -0.4 is 10.6 Å². The van der Waals surface area contributed by atoms with Crippen molar-refractivity contribution in [3.05, 3.63) is 24.2 Å². The predicted octanol–water partition coefficient (Wildman–Crippen LogP) is 3.35. The van der Waals surface area contributed by atoms with Crippen LogP contribution in [-0.4, -0.2) is 53.9 Å². The van der Waals surface area contributed by atoms with E-state index in [1.165, 1.54) is 12.8 Å². The molecular weight excluding hydrogens is 412 g/mol. The molecule has 0 amide bonds. The monoisotopic (exact) mass is 440 g/mol. The second-order valence-electron chi connectivity index (χ2n) is 9.00. The highest BCUT2D eigenvalue weighted by Gasteiger charge is 2.45. The lowest BCUT2D eigenvalue weighted by Crippen LogP contribution is -2.47. The maximum absolute atomic E-state index is 10.8. The van der Waals surface area contributed by atoms with E-state index < -0.39 is 11.7 Å². The fraction of sp³-hybridized carbons (Fsp3) is 0.545. The average Bonchev–Trinajstić information content (AvgIpc) is 3.44. The van der Waals surface area contributed by atoms with Gasteiger partial charge in [-0.25, -0.2) is 9.97 Å². The van der Waals surface area contributed by atoms with Gasteiger partial charge in [-0.05, 0) is 58.4 Å². The zero-order valence-corrected chi connectivity index (χ0v) is 18.8. The van der Waals surface area contributed by atoms with Gasteiger partial charge in [0.05, 0.1) is 34.3 Å². The summed E-state index contributed by atoms with van der Waals surface area (Å²) < 4.78 is 1.04. The van der Waals surface area contributed by atoms with Gasteiger partial charge >= 0.3 is 0 Å². The van der Waals surface area contributed by atoms with E-state index >= 15 is 0 Å². The number of hydrogen-bond acceptors (Lipinski definition) is 9. The first-order chi connectivity index (χ1) is 14.8. The Labute approximate surface area is 185 Å². The molecule has 164 valence electrons. The molecular formula is C22H28N6O2S. The molecule has 0 aliphatic heterocycles. The lowest BCUT2D eigenvalue weighted by molar-refractivity contribution is -0.0439. The second kappa shape index (κ2) is 7.65. The summed E-state index contributed by atoms with van der Waals surface area (Å²) in [6.45, 7) is 5.80. The first-order valence-electron chi connectivity index (χ1n) is 10.9. The molecule has 3 aromatic rings. The fourth-order valence-corrected chi connectivity index (χ4v) is 5.36. The molecule has 4 N–H and O–H groups in total. The van der Waals surface area contributed by atoms with Crippen LogP contribution in [0.5, 0.6) is 0 Å². The third kappa shape index (κ3) is 3.86. The topological polar surface area (TPSA) is 116 Å². The number of aromatic nitrogens is 4. The SMILES string of the molecule is Cc1nc(N[C@H](C)C2CC2)nc(N[C@@H]2CC[C@@H](O)[C@@]2(C)O)c1-c1nc2cnccc2s1. The van der Waals surface area contributed by atoms with Crippen LogP contribution in [0.3, 0.4) is 0 Å². The van der Waals surface area contributed by atoms with E-state index in [4.69, 9.17) is 15.0 Å². The standard InChI is InChI=1S/C22H28N6O2S/c1-11(13-4-5-13)24-21-25-12(2)18(20-26-14-10-23-9-8-15(14)31-20)19(28-21)27-16-6-7-17(29)22(16,3)30/h8-11,13,16-17,29-30H,4-7H2,1-3H3,(H2,24,25,27,28)/t11-,16-,17-,22+/m1/s1. The molecule has 31 heavy (non-hydrogen) atoms. The van der Waals surface area contributed by atoms with Gasteiger partial charge in [0.2, 0.25) is 5.95 Å². The average molecular weight is 441 g/mol. The van der Waals surface area contributed by atoms with E-state index in [1.807, 2.05) is 13.0 Å². The van der Waals surface area contributed by atoms with Crippen LogP contribution in [0.25, 0.3) is 20.8 Å². The highest BCUT2D eigenvalue weighted by molar-refractivity contribution is 7.21. The van der Waals surface area contributed by atoms with Gasteiger partial charge < -0.3 is 20.8 Å². The summed E-state index contributed by atoms with van der Waals surface area (Å²) in [5.74, 6) is 1.87. The van der Waals surface area contributed by atoms with Crippen molar-refractivity contribution in [1.82, 2.24) is 19.9 Å². The third-order valence-electron chi connectivity index (χ3n) is 6.60. The summed E-state index contributed by atoms with van der Waals surface area (Å²) in [5, 5.41) is 28.7. The van der Waals surface area contributed by atoms with Gasteiger partial charge in [0.1, 0.15) is 21.9 Å². The molecule has 3 heterocycles. The Morgan fingerprint density at radius 3 is 2.68 bits per heavy atom. The third-order valence-corrected chi connectivity index (χ3v) is 7.65. The smallest absolute Gasteiger partial charge is 0.225 e. The van der Waals surface area contributed by atoms with Crippen molar-refractivity contribution in [3.63, 3.8) is 0 Å². The number of fused-ring (bicyclic) bond motifs is 1. The van der Waals surface area contributed by atoms with Gasteiger partial charge in [-0.2, -0.15) is 4.98 Å². The summed E-state index contributed by atoms with van der Waals surface area (Å²) >= 11 is 1.57. The van der Waals surface area contributed by atoms with Gasteiger partial charge in [-0.3, -0.25) is 4.98 Å². The molecule has 8 nitrogen and oxygen atoms in total. The minimum Gasteiger partial charge on any atom is -0.390 e. The number of nitrogens with zero attached hydrogens (tertiary/aromatic N) is 4. The molecule has 5 rings (SSSR count). The highest BCUT2D eigenvalue weighted by atomic mass is 32.1. The molecule has 0 radical (unpaired) electrons. The number of hydrogen-bond donors (Lipinski definition) is 4. The summed E-state index contributed by atoms with van der Waals surface area (Å²) in [4.78, 5) is 18.5. The van der Waals surface area contributed by atoms with Gasteiger partial charge in [0.25, 0.3) is 0 Å². The molecule has 0 bridgehead atoms. The Morgan fingerprint density at radius 1 is 1.19 bits per heavy atom. The molecule has 0 aromatic carbocycles. The minimum absolute atomic E-state index is 0.308. The largest absolute Gasteiger partial charge is 0.390 e. The maximum atomic E-state index is 10.8. The number of aliphatic hydroxyl groups is 2. The summed E-state index contributed by atoms with van der Waals surface area (Å²) in [6.07, 6.45) is 6.41. The Kier molecular flexibility index (Phi) is 5.07. The maximum Gasteiger partial charge on any atom is 0.225 e. The Balaban J connectivity index is 1.56. The molecule has 9 heteroatoms. The number of anilines is 2. The summed E-state index contributed by atoms with van der Waals surface area (Å²) in [5.41, 5.74) is 1.24. The second-order valence-corrected chi connectivity index (χ2v) is 10.0. The van der Waals surface area contributed by atoms with E-state index in [2.05, 4.69) is 22.5 Å². The first-order valence-corrected chi connectivity index (χ1v) is 11.7. The number of aliphatic hydroxyl groups excluding tert-OH is 1. The molecule has 2 aliphatic rings. The van der Waals surface area contributed by atoms with Crippen LogP contribution >= 0.6 is 11.3 Å². The van der Waals surface area contributed by atoms with Crippen molar-refractivity contribution < 1.29 is 10.2 Å². The summed E-state index contributed by atoms with van der Waals surface area (Å²) in [7, 11) is 0. The number of aryl methyl sites for hydroxylation is 1. The number of rotatable bonds is 6. The van der Waals surface area contributed by atoms with Crippen LogP contribution in [0.1, 0.15) is 45.2 Å². The zero-order chi connectivity index (χ0) is 21.8. The number of pyridine rings is 1. The molecule has 2 aliphatic carbocycles. The van der Waals surface area contributed by atoms with Gasteiger partial charge in [0.15, 0.2) is 0 Å².